The Morgan fingerprint density at radius 2 is 0.944 bits per heavy atom. The van der Waals surface area contributed by atoms with Gasteiger partial charge in [0.1, 0.15) is 11.5 Å². The Balaban J connectivity index is 1.45. The van der Waals surface area contributed by atoms with Gasteiger partial charge < -0.3 is 25.0 Å². The maximum Gasteiger partial charge on any atom is 0.336 e. The quantitative estimate of drug-likeness (QED) is 0.102. The van der Waals surface area contributed by atoms with Gasteiger partial charge in [-0.05, 0) is 59.7 Å². The third kappa shape index (κ3) is 6.37. The molecular weight excluding hydrogens is 686 g/mol. The molecule has 0 amide bonds. The van der Waals surface area contributed by atoms with E-state index in [1.54, 1.807) is 96.5 Å². The third-order valence-corrected chi connectivity index (χ3v) is 9.08. The Kier molecular flexibility index (Phi) is 9.12. The summed E-state index contributed by atoms with van der Waals surface area (Å²) in [5.74, 6) is -3.31. The highest BCUT2D eigenvalue weighted by molar-refractivity contribution is 6.13. The van der Waals surface area contributed by atoms with Gasteiger partial charge in [0.05, 0.1) is 22.3 Å². The minimum absolute atomic E-state index is 0.00723. The summed E-state index contributed by atoms with van der Waals surface area (Å²) in [5.41, 5.74) is 2.56. The number of carbonyl (C=O) groups excluding carboxylic acids is 2. The van der Waals surface area contributed by atoms with Gasteiger partial charge >= 0.3 is 11.9 Å². The molecule has 11 heteroatoms. The Labute approximate surface area is 307 Å². The van der Waals surface area contributed by atoms with Crippen molar-refractivity contribution in [3.05, 3.63) is 167 Å². The molecular formula is C43H29N3O8. The van der Waals surface area contributed by atoms with E-state index < -0.39 is 23.5 Å². The van der Waals surface area contributed by atoms with E-state index in [0.717, 1.165) is 0 Å². The van der Waals surface area contributed by atoms with Crippen LogP contribution >= 0.6 is 0 Å². The van der Waals surface area contributed by atoms with Crippen molar-refractivity contribution >= 4 is 23.5 Å². The first-order valence-electron chi connectivity index (χ1n) is 16.5. The smallest absolute Gasteiger partial charge is 0.336 e. The number of phenols is 2. The summed E-state index contributed by atoms with van der Waals surface area (Å²) in [4.78, 5) is 51.0. The molecule has 0 aliphatic heterocycles. The van der Waals surface area contributed by atoms with Crippen molar-refractivity contribution in [3.63, 3.8) is 0 Å². The Morgan fingerprint density at radius 3 is 1.43 bits per heavy atom. The minimum Gasteiger partial charge on any atom is -0.507 e. The molecule has 0 aliphatic rings. The van der Waals surface area contributed by atoms with Crippen LogP contribution in [0.25, 0.3) is 45.0 Å². The van der Waals surface area contributed by atoms with E-state index in [0.29, 0.717) is 33.6 Å². The summed E-state index contributed by atoms with van der Waals surface area (Å²) in [6.45, 7) is 0. The second-order valence-corrected chi connectivity index (χ2v) is 12.4. The molecule has 1 heterocycles. The fraction of sp³-hybridized carbons (Fsp3) is 0.0233. The number of hydrogen-bond donors (Lipinski definition) is 4. The van der Waals surface area contributed by atoms with Crippen LogP contribution in [-0.2, 0) is 7.05 Å². The van der Waals surface area contributed by atoms with Gasteiger partial charge in [0.25, 0.3) is 0 Å². The molecule has 7 rings (SSSR count). The number of rotatable bonds is 10. The van der Waals surface area contributed by atoms with Crippen molar-refractivity contribution in [2.24, 2.45) is 7.05 Å². The number of carbonyl (C=O) groups is 4. The van der Waals surface area contributed by atoms with Crippen LogP contribution in [0, 0.1) is 0 Å². The normalized spacial score (nSPS) is 10.9. The predicted molar refractivity (Wildman–Crippen MR) is 200 cm³/mol. The van der Waals surface area contributed by atoms with Crippen molar-refractivity contribution in [1.29, 1.82) is 0 Å². The molecule has 0 fully saturated rings. The Bertz CT molecular complexity index is 2610. The van der Waals surface area contributed by atoms with E-state index in [4.69, 9.17) is 0 Å². The largest absolute Gasteiger partial charge is 0.507 e. The predicted octanol–water partition coefficient (Wildman–Crippen LogP) is 7.75. The maximum atomic E-state index is 13.4. The van der Waals surface area contributed by atoms with Crippen molar-refractivity contribution in [1.82, 2.24) is 14.8 Å². The first kappa shape index (κ1) is 34.8. The van der Waals surface area contributed by atoms with E-state index >= 15 is 0 Å². The summed E-state index contributed by atoms with van der Waals surface area (Å²) >= 11 is 0. The van der Waals surface area contributed by atoms with Gasteiger partial charge in [0, 0.05) is 40.4 Å². The highest BCUT2D eigenvalue weighted by Crippen LogP contribution is 2.44. The van der Waals surface area contributed by atoms with Crippen LogP contribution in [0.3, 0.4) is 0 Å². The first-order chi connectivity index (χ1) is 26.0. The van der Waals surface area contributed by atoms with Crippen LogP contribution in [0.15, 0.2) is 133 Å². The average molecular weight is 716 g/mol. The summed E-state index contributed by atoms with van der Waals surface area (Å²) in [5, 5.41) is 51.2. The first-order valence-corrected chi connectivity index (χ1v) is 16.5. The SMILES string of the molecule is Cn1c(-c2ccc(C(=O)O)cc2)nnc1-c1ccc(C(=O)O)c(-c2ccc(C(=O)c3ccccc3)c(O)c2)c1-c1ccc(C(=O)c2ccccc2)c(O)c1. The number of benzene rings is 6. The van der Waals surface area contributed by atoms with Gasteiger partial charge in [0.15, 0.2) is 23.2 Å². The molecule has 0 saturated heterocycles. The monoisotopic (exact) mass is 715 g/mol. The lowest BCUT2D eigenvalue weighted by atomic mass is 9.85. The number of hydrogen-bond acceptors (Lipinski definition) is 8. The lowest BCUT2D eigenvalue weighted by molar-refractivity contribution is 0.0686. The lowest BCUT2D eigenvalue weighted by Crippen LogP contribution is -2.06. The van der Waals surface area contributed by atoms with Crippen LogP contribution in [-0.4, -0.2) is 58.7 Å². The fourth-order valence-corrected chi connectivity index (χ4v) is 6.39. The van der Waals surface area contributed by atoms with Crippen LogP contribution in [0.4, 0.5) is 0 Å². The van der Waals surface area contributed by atoms with E-state index in [9.17, 15) is 39.6 Å². The highest BCUT2D eigenvalue weighted by Gasteiger charge is 2.27. The number of aromatic nitrogens is 3. The fourth-order valence-electron chi connectivity index (χ4n) is 6.39. The molecule has 0 aliphatic carbocycles. The summed E-state index contributed by atoms with van der Waals surface area (Å²) < 4.78 is 1.66. The standard InChI is InChI=1S/C43H29N3O8/c1-46-40(26-12-14-27(15-13-26)42(51)52)44-45-41(46)32-20-21-33(43(53)54)37(29-17-19-31(35(48)23-29)39(50)25-10-6-3-7-11-25)36(32)28-16-18-30(34(47)22-28)38(49)24-8-4-2-5-9-24/h2-23,47-48H,1H3,(H,51,52)(H,53,54). The van der Waals surface area contributed by atoms with E-state index in [1.165, 1.54) is 48.5 Å². The molecule has 0 atom stereocenters. The van der Waals surface area contributed by atoms with Gasteiger partial charge in [-0.15, -0.1) is 10.2 Å². The Hall–Kier alpha value is -7.66. The van der Waals surface area contributed by atoms with E-state index in [2.05, 4.69) is 10.2 Å². The molecule has 0 saturated carbocycles. The minimum atomic E-state index is -1.29. The number of aromatic carboxylic acids is 2. The van der Waals surface area contributed by atoms with Gasteiger partial charge in [-0.3, -0.25) is 9.59 Å². The summed E-state index contributed by atoms with van der Waals surface area (Å²) in [6.07, 6.45) is 0. The molecule has 0 unspecified atom stereocenters. The molecule has 4 N–H and O–H groups in total. The number of carboxylic acid groups (broad SMARTS) is 2. The maximum absolute atomic E-state index is 13.4. The van der Waals surface area contributed by atoms with Crippen LogP contribution < -0.4 is 0 Å². The Morgan fingerprint density at radius 1 is 0.481 bits per heavy atom. The topological polar surface area (TPSA) is 180 Å². The molecule has 0 radical (unpaired) electrons. The second-order valence-electron chi connectivity index (χ2n) is 12.4. The van der Waals surface area contributed by atoms with Crippen molar-refractivity contribution in [3.8, 4) is 56.5 Å². The zero-order valence-electron chi connectivity index (χ0n) is 28.5. The number of phenolic OH excluding ortho intramolecular Hbond substituents is 2. The van der Waals surface area contributed by atoms with E-state index in [1.807, 2.05) is 0 Å². The summed E-state index contributed by atoms with van der Waals surface area (Å²) in [7, 11) is 1.69. The van der Waals surface area contributed by atoms with Crippen molar-refractivity contribution in [2.75, 3.05) is 0 Å². The second kappa shape index (κ2) is 14.2. The zero-order chi connectivity index (χ0) is 38.1. The molecule has 1 aromatic heterocycles. The molecule has 54 heavy (non-hydrogen) atoms. The highest BCUT2D eigenvalue weighted by atomic mass is 16.4. The number of nitrogens with zero attached hydrogens (tertiary/aromatic N) is 3. The molecule has 0 spiro atoms. The van der Waals surface area contributed by atoms with Crippen LogP contribution in [0.2, 0.25) is 0 Å². The van der Waals surface area contributed by atoms with Crippen LogP contribution in [0.1, 0.15) is 52.6 Å². The van der Waals surface area contributed by atoms with Crippen molar-refractivity contribution in [2.45, 2.75) is 0 Å². The number of ketones is 2. The molecule has 0 bridgehead atoms. The van der Waals surface area contributed by atoms with Gasteiger partial charge in [-0.2, -0.15) is 0 Å². The molecule has 11 nitrogen and oxygen atoms in total. The van der Waals surface area contributed by atoms with Gasteiger partial charge in [0.2, 0.25) is 0 Å². The molecule has 264 valence electrons. The summed E-state index contributed by atoms with van der Waals surface area (Å²) in [6, 6.07) is 34.5. The number of aromatic hydroxyl groups is 2. The van der Waals surface area contributed by atoms with E-state index in [-0.39, 0.29) is 56.3 Å². The van der Waals surface area contributed by atoms with Gasteiger partial charge in [-0.25, -0.2) is 9.59 Å². The lowest BCUT2D eigenvalue weighted by Gasteiger charge is -2.19. The van der Waals surface area contributed by atoms with Crippen molar-refractivity contribution < 1.29 is 39.6 Å². The molecule has 6 aromatic carbocycles. The average Bonchev–Trinajstić information content (AvgIpc) is 3.57. The zero-order valence-corrected chi connectivity index (χ0v) is 28.5. The van der Waals surface area contributed by atoms with Gasteiger partial charge in [-0.1, -0.05) is 84.9 Å². The van der Waals surface area contributed by atoms with Crippen LogP contribution in [0.5, 0.6) is 11.5 Å². The number of carboxylic acids is 2. The molecule has 7 aromatic rings. The third-order valence-electron chi connectivity index (χ3n) is 9.08.